The Morgan fingerprint density at radius 3 is 2.80 bits per heavy atom. The van der Waals surface area contributed by atoms with Crippen LogP contribution in [-0.4, -0.2) is 63.3 Å². The summed E-state index contributed by atoms with van der Waals surface area (Å²) in [5.74, 6) is -0.0690. The Balaban J connectivity index is 1.81. The van der Waals surface area contributed by atoms with Gasteiger partial charge in [0.2, 0.25) is 16.0 Å². The number of rotatable bonds is 4. The van der Waals surface area contributed by atoms with Crippen molar-refractivity contribution in [3.8, 4) is 0 Å². The lowest BCUT2D eigenvalue weighted by Gasteiger charge is -2.31. The number of hydrogen-bond acceptors (Lipinski definition) is 7. The van der Waals surface area contributed by atoms with Gasteiger partial charge in [-0.1, -0.05) is 0 Å². The average Bonchev–Trinajstić information content (AvgIpc) is 3.14. The van der Waals surface area contributed by atoms with Crippen LogP contribution in [0, 0.1) is 6.85 Å². The topological polar surface area (TPSA) is 117 Å². The van der Waals surface area contributed by atoms with Crippen LogP contribution in [0.1, 0.15) is 60.2 Å². The molecule has 2 aliphatic rings. The van der Waals surface area contributed by atoms with Crippen LogP contribution >= 0.6 is 0 Å². The van der Waals surface area contributed by atoms with Gasteiger partial charge < -0.3 is 10.4 Å². The molecule has 0 unspecified atom stereocenters. The Hall–Kier alpha value is -2.04. The zero-order valence-electron chi connectivity index (χ0n) is 23.6. The molecule has 2 fully saturated rings. The van der Waals surface area contributed by atoms with Crippen LogP contribution < -0.4 is 10.9 Å². The van der Waals surface area contributed by atoms with Crippen molar-refractivity contribution in [2.45, 2.75) is 63.5 Å². The maximum absolute atomic E-state index is 13.5. The summed E-state index contributed by atoms with van der Waals surface area (Å²) in [6.07, 6.45) is 2.94. The maximum atomic E-state index is 13.5. The van der Waals surface area contributed by atoms with E-state index in [9.17, 15) is 18.3 Å². The largest absolute Gasteiger partial charge is 0.388 e. The summed E-state index contributed by atoms with van der Waals surface area (Å²) in [5, 5.41) is 14.2. The summed E-state index contributed by atoms with van der Waals surface area (Å²) in [5.41, 5.74) is -3.87. The minimum Gasteiger partial charge on any atom is -0.388 e. The summed E-state index contributed by atoms with van der Waals surface area (Å²) in [6, 6.07) is -1.44. The van der Waals surface area contributed by atoms with Crippen molar-refractivity contribution in [1.82, 2.24) is 18.8 Å². The lowest BCUT2D eigenvalue weighted by molar-refractivity contribution is 0.0266. The van der Waals surface area contributed by atoms with Gasteiger partial charge in [-0.3, -0.25) is 9.36 Å². The Morgan fingerprint density at radius 1 is 1.37 bits per heavy atom. The molecular formula is C20H29N5O4S. The fourth-order valence-electron chi connectivity index (χ4n) is 4.15. The minimum atomic E-state index is -3.40. The molecule has 1 aliphatic heterocycles. The molecule has 0 radical (unpaired) electrons. The van der Waals surface area contributed by atoms with Gasteiger partial charge in [0.05, 0.1) is 19.3 Å². The molecule has 1 saturated heterocycles. The van der Waals surface area contributed by atoms with E-state index in [4.69, 9.17) is 9.60 Å². The van der Waals surface area contributed by atoms with Crippen LogP contribution in [-0.2, 0) is 10.0 Å². The second-order valence-electron chi connectivity index (χ2n) is 7.93. The molecule has 0 aromatic carbocycles. The van der Waals surface area contributed by atoms with Crippen molar-refractivity contribution in [2.75, 3.05) is 24.7 Å². The highest BCUT2D eigenvalue weighted by Gasteiger charge is 2.39. The van der Waals surface area contributed by atoms with E-state index in [1.165, 1.54) is 10.5 Å². The zero-order valence-corrected chi connectivity index (χ0v) is 17.4. The quantitative estimate of drug-likeness (QED) is 0.735. The predicted octanol–water partition coefficient (Wildman–Crippen LogP) is 1.41. The van der Waals surface area contributed by atoms with E-state index < -0.39 is 52.5 Å². The van der Waals surface area contributed by atoms with Gasteiger partial charge in [0.25, 0.3) is 5.56 Å². The molecule has 9 nitrogen and oxygen atoms in total. The first-order chi connectivity index (χ1) is 16.9. The van der Waals surface area contributed by atoms with Gasteiger partial charge in [-0.15, -0.1) is 0 Å². The monoisotopic (exact) mass is 442 g/mol. The zero-order chi connectivity index (χ0) is 27.6. The number of fused-ring (bicyclic) bond motifs is 1. The number of hydrogen-bond donors (Lipinski definition) is 2. The lowest BCUT2D eigenvalue weighted by atomic mass is 9.99. The Labute approximate surface area is 186 Å². The third kappa shape index (κ3) is 3.95. The summed E-state index contributed by atoms with van der Waals surface area (Å²) < 4.78 is 81.6. The predicted molar refractivity (Wildman–Crippen MR) is 115 cm³/mol. The third-order valence-corrected chi connectivity index (χ3v) is 7.06. The van der Waals surface area contributed by atoms with E-state index in [2.05, 4.69) is 15.3 Å². The van der Waals surface area contributed by atoms with E-state index in [0.717, 1.165) is 16.9 Å². The van der Waals surface area contributed by atoms with Crippen LogP contribution in [0.3, 0.4) is 0 Å². The molecule has 0 spiro atoms. The SMILES string of the molecule is [2H]C1(Nc2ncc3cc(C([2H])([2H])[2H])c(=O)n([C@@H]4CCC[C@]4(O)C([2H])([2H])[2H])c3n2)CCN(S(C)(=O)=O)CC1. The number of nitrogens with zero attached hydrogens (tertiary/aromatic N) is 4. The number of piperidine rings is 1. The number of pyridine rings is 1. The fraction of sp³-hybridized carbons (Fsp3) is 0.650. The number of aliphatic hydroxyl groups is 1. The van der Waals surface area contributed by atoms with Crippen LogP contribution in [0.2, 0.25) is 0 Å². The smallest absolute Gasteiger partial charge is 0.255 e. The normalized spacial score (nSPS) is 31.7. The number of sulfonamides is 1. The summed E-state index contributed by atoms with van der Waals surface area (Å²) in [6.45, 7) is -5.42. The van der Waals surface area contributed by atoms with Crippen LogP contribution in [0.4, 0.5) is 5.95 Å². The van der Waals surface area contributed by atoms with Crippen molar-refractivity contribution in [3.05, 3.63) is 28.2 Å². The van der Waals surface area contributed by atoms with Gasteiger partial charge in [-0.05, 0) is 51.9 Å². The van der Waals surface area contributed by atoms with Crippen LogP contribution in [0.5, 0.6) is 0 Å². The maximum Gasteiger partial charge on any atom is 0.255 e. The third-order valence-electron chi connectivity index (χ3n) is 5.76. The molecule has 2 aromatic rings. The fourth-order valence-corrected chi connectivity index (χ4v) is 5.00. The molecule has 3 heterocycles. The molecular weight excluding hydrogens is 406 g/mol. The van der Waals surface area contributed by atoms with Crippen molar-refractivity contribution in [2.24, 2.45) is 0 Å². The average molecular weight is 443 g/mol. The van der Waals surface area contributed by atoms with E-state index in [0.29, 0.717) is 6.42 Å². The lowest BCUT2D eigenvalue weighted by Crippen LogP contribution is -2.42. The van der Waals surface area contributed by atoms with Crippen molar-refractivity contribution in [3.63, 3.8) is 0 Å². The molecule has 1 aliphatic carbocycles. The Kier molecular flexibility index (Phi) is 3.56. The number of aryl methyl sites for hydroxylation is 1. The van der Waals surface area contributed by atoms with Crippen molar-refractivity contribution in [1.29, 1.82) is 0 Å². The molecule has 30 heavy (non-hydrogen) atoms. The van der Waals surface area contributed by atoms with Crippen LogP contribution in [0.25, 0.3) is 11.0 Å². The Bertz CT molecular complexity index is 1370. The first-order valence-corrected chi connectivity index (χ1v) is 11.6. The van der Waals surface area contributed by atoms with Crippen molar-refractivity contribution >= 4 is 27.0 Å². The van der Waals surface area contributed by atoms with Gasteiger partial charge in [0.15, 0.2) is 0 Å². The molecule has 2 N–H and O–H groups in total. The first-order valence-electron chi connectivity index (χ1n) is 13.2. The van der Waals surface area contributed by atoms with E-state index in [-0.39, 0.29) is 55.8 Å². The van der Waals surface area contributed by atoms with Gasteiger partial charge in [-0.2, -0.15) is 4.98 Å². The minimum absolute atomic E-state index is 0.0674. The second-order valence-corrected chi connectivity index (χ2v) is 9.91. The summed E-state index contributed by atoms with van der Waals surface area (Å²) >= 11 is 0. The molecule has 0 bridgehead atoms. The highest BCUT2D eigenvalue weighted by atomic mass is 32.2. The van der Waals surface area contributed by atoms with Crippen LogP contribution in [0.15, 0.2) is 17.1 Å². The van der Waals surface area contributed by atoms with E-state index >= 15 is 0 Å². The molecule has 0 amide bonds. The highest BCUT2D eigenvalue weighted by Crippen LogP contribution is 2.39. The number of anilines is 1. The highest BCUT2D eigenvalue weighted by molar-refractivity contribution is 7.88. The molecule has 2 aromatic heterocycles. The van der Waals surface area contributed by atoms with Gasteiger partial charge >= 0.3 is 0 Å². The van der Waals surface area contributed by atoms with E-state index in [1.807, 2.05) is 0 Å². The number of nitrogens with one attached hydrogen (secondary N) is 1. The summed E-state index contributed by atoms with van der Waals surface area (Å²) in [4.78, 5) is 22.0. The van der Waals surface area contributed by atoms with E-state index in [1.54, 1.807) is 0 Å². The molecule has 164 valence electrons. The molecule has 2 atom stereocenters. The number of aromatic nitrogens is 3. The molecule has 4 rings (SSSR count). The second kappa shape index (κ2) is 7.58. The Morgan fingerprint density at radius 2 is 2.13 bits per heavy atom. The molecule has 1 saturated carbocycles. The van der Waals surface area contributed by atoms with Gasteiger partial charge in [-0.25, -0.2) is 17.7 Å². The van der Waals surface area contributed by atoms with Crippen molar-refractivity contribution < 1.29 is 23.1 Å². The molecule has 10 heteroatoms. The van der Waals surface area contributed by atoms with Gasteiger partial charge in [0.1, 0.15) is 5.65 Å². The summed E-state index contributed by atoms with van der Waals surface area (Å²) in [7, 11) is -3.40. The first kappa shape index (κ1) is 14.1. The standard InChI is InChI=1S/C20H29N5O4S/c1-13-11-14-12-21-19(22-15-6-9-24(10-7-15)30(3,28)29)23-17(14)25(18(13)26)16-5-4-8-20(16,2)27/h11-12,15-16,27H,4-10H2,1-3H3,(H,21,22,23)/t16-,20-/m1/s1/i1D3,2D3,15D. The van der Waals surface area contributed by atoms with Gasteiger partial charge in [0, 0.05) is 44.5 Å².